The fraction of sp³-hybridized carbons (Fsp3) is 0.455. The molecule has 2 aromatic rings. The topological polar surface area (TPSA) is 30.5 Å². The van der Waals surface area contributed by atoms with Crippen LogP contribution in [-0.2, 0) is 13.2 Å². The van der Waals surface area contributed by atoms with Crippen LogP contribution in [0.2, 0.25) is 0 Å². The Labute approximate surface area is 164 Å². The molecule has 0 aliphatic carbocycles. The van der Waals surface area contributed by atoms with Crippen molar-refractivity contribution in [2.45, 2.75) is 47.3 Å². The summed E-state index contributed by atoms with van der Waals surface area (Å²) < 4.78 is 11.8. The van der Waals surface area contributed by atoms with E-state index in [2.05, 4.69) is 62.5 Å². The third-order valence-electron chi connectivity index (χ3n) is 4.05. The summed E-state index contributed by atoms with van der Waals surface area (Å²) in [5.41, 5.74) is 3.63. The Bertz CT molecular complexity index is 641. The average molecular weight is 378 g/mol. The van der Waals surface area contributed by atoms with Crippen molar-refractivity contribution >= 4 is 12.4 Å². The lowest BCUT2D eigenvalue weighted by Crippen LogP contribution is -2.16. The zero-order valence-electron chi connectivity index (χ0n) is 16.4. The third-order valence-corrected chi connectivity index (χ3v) is 4.05. The third kappa shape index (κ3) is 7.67. The molecule has 2 rings (SSSR count). The van der Waals surface area contributed by atoms with Gasteiger partial charge < -0.3 is 14.8 Å². The van der Waals surface area contributed by atoms with Crippen LogP contribution in [0, 0.1) is 12.8 Å². The summed E-state index contributed by atoms with van der Waals surface area (Å²) in [7, 11) is 0. The van der Waals surface area contributed by atoms with Gasteiger partial charge in [0.25, 0.3) is 0 Å². The van der Waals surface area contributed by atoms with E-state index in [1.165, 1.54) is 17.5 Å². The van der Waals surface area contributed by atoms with Gasteiger partial charge in [0.15, 0.2) is 11.5 Å². The molecule has 4 heteroatoms. The Morgan fingerprint density at radius 2 is 1.62 bits per heavy atom. The molecule has 0 saturated carbocycles. The van der Waals surface area contributed by atoms with Crippen LogP contribution in [0.5, 0.6) is 11.5 Å². The lowest BCUT2D eigenvalue weighted by molar-refractivity contribution is 0.269. The maximum atomic E-state index is 5.98. The predicted octanol–water partition coefficient (Wildman–Crippen LogP) is 5.53. The molecule has 0 unspecified atom stereocenters. The number of ether oxygens (including phenoxy) is 2. The number of aryl methyl sites for hydroxylation is 1. The summed E-state index contributed by atoms with van der Waals surface area (Å²) in [5, 5.41) is 3.49. The second kappa shape index (κ2) is 11.8. The maximum absolute atomic E-state index is 5.98. The zero-order valence-corrected chi connectivity index (χ0v) is 17.2. The molecule has 0 atom stereocenters. The smallest absolute Gasteiger partial charge is 0.161 e. The number of halogens is 1. The van der Waals surface area contributed by atoms with Crippen LogP contribution in [-0.4, -0.2) is 13.2 Å². The summed E-state index contributed by atoms with van der Waals surface area (Å²) in [6.07, 6.45) is 1.19. The zero-order chi connectivity index (χ0) is 18.1. The van der Waals surface area contributed by atoms with Crippen molar-refractivity contribution in [2.24, 2.45) is 5.92 Å². The molecular weight excluding hydrogens is 346 g/mol. The van der Waals surface area contributed by atoms with Crippen LogP contribution in [0.25, 0.3) is 0 Å². The highest BCUT2D eigenvalue weighted by atomic mass is 35.5. The number of hydrogen-bond donors (Lipinski definition) is 1. The monoisotopic (exact) mass is 377 g/mol. The molecule has 0 bridgehead atoms. The summed E-state index contributed by atoms with van der Waals surface area (Å²) in [5.74, 6) is 2.34. The van der Waals surface area contributed by atoms with Gasteiger partial charge in [-0.25, -0.2) is 0 Å². The fourth-order valence-corrected chi connectivity index (χ4v) is 2.52. The molecule has 0 heterocycles. The van der Waals surface area contributed by atoms with E-state index in [0.717, 1.165) is 36.1 Å². The second-order valence-corrected chi connectivity index (χ2v) is 6.85. The molecule has 26 heavy (non-hydrogen) atoms. The Balaban J connectivity index is 0.00000338. The minimum atomic E-state index is 0. The van der Waals surface area contributed by atoms with Crippen molar-refractivity contribution in [3.63, 3.8) is 0 Å². The SMILES string of the molecule is CCOc1cc(CNCCC(C)C)ccc1OCc1ccc(C)cc1.Cl. The molecule has 0 amide bonds. The number of hydrogen-bond acceptors (Lipinski definition) is 3. The van der Waals surface area contributed by atoms with Gasteiger partial charge >= 0.3 is 0 Å². The van der Waals surface area contributed by atoms with E-state index in [-0.39, 0.29) is 12.4 Å². The highest BCUT2D eigenvalue weighted by molar-refractivity contribution is 5.85. The van der Waals surface area contributed by atoms with Crippen molar-refractivity contribution in [3.05, 3.63) is 59.2 Å². The predicted molar refractivity (Wildman–Crippen MR) is 112 cm³/mol. The Morgan fingerprint density at radius 3 is 2.27 bits per heavy atom. The van der Waals surface area contributed by atoms with Crippen molar-refractivity contribution in [2.75, 3.05) is 13.2 Å². The first-order valence-corrected chi connectivity index (χ1v) is 9.23. The van der Waals surface area contributed by atoms with Crippen molar-refractivity contribution in [1.29, 1.82) is 0 Å². The molecular formula is C22H32ClNO2. The lowest BCUT2D eigenvalue weighted by Gasteiger charge is -2.14. The molecule has 2 aromatic carbocycles. The van der Waals surface area contributed by atoms with Crippen molar-refractivity contribution in [3.8, 4) is 11.5 Å². The van der Waals surface area contributed by atoms with E-state index >= 15 is 0 Å². The Kier molecular flexibility index (Phi) is 10.2. The van der Waals surface area contributed by atoms with Crippen LogP contribution < -0.4 is 14.8 Å². The molecule has 0 aromatic heterocycles. The summed E-state index contributed by atoms with van der Waals surface area (Å²) >= 11 is 0. The van der Waals surface area contributed by atoms with E-state index < -0.39 is 0 Å². The van der Waals surface area contributed by atoms with Gasteiger partial charge in [0.2, 0.25) is 0 Å². The molecule has 0 fully saturated rings. The molecule has 0 aliphatic rings. The van der Waals surface area contributed by atoms with Crippen molar-refractivity contribution < 1.29 is 9.47 Å². The van der Waals surface area contributed by atoms with Gasteiger partial charge in [0.1, 0.15) is 6.61 Å². The first-order valence-electron chi connectivity index (χ1n) is 9.23. The van der Waals surface area contributed by atoms with Crippen molar-refractivity contribution in [1.82, 2.24) is 5.32 Å². The van der Waals surface area contributed by atoms with Gasteiger partial charge in [0.05, 0.1) is 6.61 Å². The van der Waals surface area contributed by atoms with Gasteiger partial charge in [-0.1, -0.05) is 49.7 Å². The van der Waals surface area contributed by atoms with Crippen LogP contribution in [0.3, 0.4) is 0 Å². The Morgan fingerprint density at radius 1 is 0.923 bits per heavy atom. The summed E-state index contributed by atoms with van der Waals surface area (Å²) in [6.45, 7) is 11.6. The molecule has 0 radical (unpaired) electrons. The number of nitrogens with one attached hydrogen (secondary N) is 1. The van der Waals surface area contributed by atoms with Gasteiger partial charge in [-0.15, -0.1) is 12.4 Å². The fourth-order valence-electron chi connectivity index (χ4n) is 2.52. The molecule has 0 aliphatic heterocycles. The maximum Gasteiger partial charge on any atom is 0.161 e. The minimum absolute atomic E-state index is 0. The number of rotatable bonds is 10. The van der Waals surface area contributed by atoms with Gasteiger partial charge in [-0.3, -0.25) is 0 Å². The highest BCUT2D eigenvalue weighted by Crippen LogP contribution is 2.29. The lowest BCUT2D eigenvalue weighted by atomic mass is 10.1. The quantitative estimate of drug-likeness (QED) is 0.552. The van der Waals surface area contributed by atoms with Crippen LogP contribution >= 0.6 is 12.4 Å². The normalized spacial score (nSPS) is 10.5. The summed E-state index contributed by atoms with van der Waals surface area (Å²) in [4.78, 5) is 0. The minimum Gasteiger partial charge on any atom is -0.490 e. The van der Waals surface area contributed by atoms with E-state index in [1.807, 2.05) is 13.0 Å². The summed E-state index contributed by atoms with van der Waals surface area (Å²) in [6, 6.07) is 14.6. The van der Waals surface area contributed by atoms with E-state index in [1.54, 1.807) is 0 Å². The molecule has 144 valence electrons. The van der Waals surface area contributed by atoms with Gasteiger partial charge in [-0.05, 0) is 56.0 Å². The number of benzene rings is 2. The first-order chi connectivity index (χ1) is 12.1. The standard InChI is InChI=1S/C22H31NO2.ClH/c1-5-24-22-14-20(15-23-13-12-17(2)3)10-11-21(22)25-16-19-8-6-18(4)7-9-19;/h6-11,14,17,23H,5,12-13,15-16H2,1-4H3;1H. The largest absolute Gasteiger partial charge is 0.490 e. The van der Waals surface area contributed by atoms with Crippen LogP contribution in [0.4, 0.5) is 0 Å². The van der Waals surface area contributed by atoms with E-state index in [9.17, 15) is 0 Å². The van der Waals surface area contributed by atoms with Gasteiger partial charge in [-0.2, -0.15) is 0 Å². The van der Waals surface area contributed by atoms with E-state index in [4.69, 9.17) is 9.47 Å². The molecule has 3 nitrogen and oxygen atoms in total. The molecule has 0 spiro atoms. The highest BCUT2D eigenvalue weighted by Gasteiger charge is 2.07. The molecule has 1 N–H and O–H groups in total. The van der Waals surface area contributed by atoms with Gasteiger partial charge in [0, 0.05) is 6.54 Å². The van der Waals surface area contributed by atoms with E-state index in [0.29, 0.717) is 13.2 Å². The molecule has 0 saturated heterocycles. The van der Waals surface area contributed by atoms with Crippen LogP contribution in [0.15, 0.2) is 42.5 Å². The second-order valence-electron chi connectivity index (χ2n) is 6.85. The van der Waals surface area contributed by atoms with Crippen LogP contribution in [0.1, 0.15) is 43.9 Å². The average Bonchev–Trinajstić information content (AvgIpc) is 2.59. The Hall–Kier alpha value is -1.71. The first kappa shape index (κ1) is 22.3.